The van der Waals surface area contributed by atoms with Crippen molar-refractivity contribution in [1.82, 2.24) is 0 Å². The summed E-state index contributed by atoms with van der Waals surface area (Å²) in [4.78, 5) is 0. The van der Waals surface area contributed by atoms with Gasteiger partial charge in [0.15, 0.2) is 0 Å². The highest BCUT2D eigenvalue weighted by Crippen LogP contribution is 2.66. The van der Waals surface area contributed by atoms with E-state index >= 15 is 0 Å². The van der Waals surface area contributed by atoms with Crippen molar-refractivity contribution in [3.63, 3.8) is 0 Å². The molecule has 0 saturated heterocycles. The van der Waals surface area contributed by atoms with E-state index in [1.54, 1.807) is 6.26 Å². The molecule has 2 nitrogen and oxygen atoms in total. The lowest BCUT2D eigenvalue weighted by Gasteiger charge is -2.37. The number of nitriles is 1. The molecule has 0 radical (unpaired) electrons. The van der Waals surface area contributed by atoms with E-state index in [0.717, 1.165) is 23.3 Å². The molecule has 1 aromatic carbocycles. The van der Waals surface area contributed by atoms with Crippen molar-refractivity contribution < 1.29 is 4.74 Å². The predicted molar refractivity (Wildman–Crippen MR) is 91.1 cm³/mol. The minimum Gasteiger partial charge on any atom is -0.388 e. The molecule has 3 aliphatic rings. The Morgan fingerprint density at radius 1 is 1.22 bits per heavy atom. The fraction of sp³-hybridized carbons (Fsp3) is 0.667. The van der Waals surface area contributed by atoms with Crippen molar-refractivity contribution in [3.05, 3.63) is 29.3 Å². The van der Waals surface area contributed by atoms with Gasteiger partial charge in [0.25, 0.3) is 6.26 Å². The SMILES string of the molecule is Cc1cc(C23CC(C)CC4CC2CC(C)(C4)C3)ccc1OC#N. The standard InChI is InChI=1S/C21H27NO/c1-14-6-16-8-18-11-20(3,10-16)12-21(18,9-14)17-4-5-19(23-13-22)15(2)7-17/h4-5,7,14,16,18H,6,8-12H2,1-3H3. The lowest BCUT2D eigenvalue weighted by Crippen LogP contribution is -2.31. The molecule has 2 heteroatoms. The summed E-state index contributed by atoms with van der Waals surface area (Å²) in [6.45, 7) is 7.06. The van der Waals surface area contributed by atoms with Crippen LogP contribution in [-0.2, 0) is 5.41 Å². The maximum Gasteiger partial charge on any atom is 0.292 e. The van der Waals surface area contributed by atoms with Crippen LogP contribution in [0.1, 0.15) is 63.5 Å². The van der Waals surface area contributed by atoms with Crippen LogP contribution in [0.4, 0.5) is 0 Å². The van der Waals surface area contributed by atoms with Crippen molar-refractivity contribution in [1.29, 1.82) is 5.26 Å². The Bertz CT molecular complexity index is 675. The fourth-order valence-electron chi connectivity index (χ4n) is 6.69. The number of aryl methyl sites for hydroxylation is 1. The third kappa shape index (κ3) is 2.28. The minimum absolute atomic E-state index is 0.356. The van der Waals surface area contributed by atoms with Crippen LogP contribution in [-0.4, -0.2) is 0 Å². The first kappa shape index (κ1) is 15.1. The smallest absolute Gasteiger partial charge is 0.292 e. The maximum absolute atomic E-state index is 8.78. The van der Waals surface area contributed by atoms with Gasteiger partial charge in [-0.15, -0.1) is 5.26 Å². The van der Waals surface area contributed by atoms with Gasteiger partial charge in [-0.1, -0.05) is 26.0 Å². The molecule has 3 saturated carbocycles. The summed E-state index contributed by atoms with van der Waals surface area (Å²) in [5, 5.41) is 8.78. The van der Waals surface area contributed by atoms with Gasteiger partial charge in [0, 0.05) is 0 Å². The van der Waals surface area contributed by atoms with Crippen molar-refractivity contribution in [2.24, 2.45) is 23.2 Å². The quantitative estimate of drug-likeness (QED) is 0.690. The molecule has 0 aromatic heterocycles. The van der Waals surface area contributed by atoms with Crippen molar-refractivity contribution in [2.45, 2.75) is 64.7 Å². The zero-order chi connectivity index (χ0) is 16.2. The zero-order valence-electron chi connectivity index (χ0n) is 14.6. The predicted octanol–water partition coefficient (Wildman–Crippen LogP) is 5.35. The summed E-state index contributed by atoms with van der Waals surface area (Å²) in [5.74, 6) is 3.32. The Hall–Kier alpha value is -1.49. The number of fused-ring (bicyclic) bond motifs is 2. The van der Waals surface area contributed by atoms with E-state index in [1.165, 1.54) is 44.1 Å². The number of ether oxygens (including phenoxy) is 1. The lowest BCUT2D eigenvalue weighted by atomic mass is 9.67. The van der Waals surface area contributed by atoms with Crippen molar-refractivity contribution in [3.8, 4) is 12.0 Å². The van der Waals surface area contributed by atoms with E-state index in [2.05, 4.69) is 32.9 Å². The molecule has 4 rings (SSSR count). The third-order valence-corrected chi connectivity index (χ3v) is 7.02. The summed E-state index contributed by atoms with van der Waals surface area (Å²) < 4.78 is 5.09. The average molecular weight is 309 g/mol. The number of rotatable bonds is 2. The molecule has 0 heterocycles. The molecule has 0 aliphatic heterocycles. The summed E-state index contributed by atoms with van der Waals surface area (Å²) in [6, 6.07) is 6.57. The summed E-state index contributed by atoms with van der Waals surface area (Å²) >= 11 is 0. The van der Waals surface area contributed by atoms with Gasteiger partial charge in [-0.2, -0.15) is 0 Å². The van der Waals surface area contributed by atoms with Gasteiger partial charge in [-0.05, 0) is 91.2 Å². The largest absolute Gasteiger partial charge is 0.388 e. The second-order valence-electron chi connectivity index (χ2n) is 9.07. The lowest BCUT2D eigenvalue weighted by molar-refractivity contribution is 0.157. The normalized spacial score (nSPS) is 41.4. The Morgan fingerprint density at radius 3 is 2.78 bits per heavy atom. The highest BCUT2D eigenvalue weighted by molar-refractivity contribution is 5.42. The summed E-state index contributed by atoms with van der Waals surface area (Å²) in [6.07, 6.45) is 10.2. The van der Waals surface area contributed by atoms with Crippen LogP contribution in [0.15, 0.2) is 18.2 Å². The first-order valence-corrected chi connectivity index (χ1v) is 9.11. The molecule has 3 aliphatic carbocycles. The Kier molecular flexibility index (Phi) is 3.28. The van der Waals surface area contributed by atoms with Gasteiger partial charge in [0.1, 0.15) is 5.75 Å². The van der Waals surface area contributed by atoms with E-state index in [0.29, 0.717) is 16.6 Å². The number of benzene rings is 1. The molecule has 122 valence electrons. The van der Waals surface area contributed by atoms with Crippen LogP contribution < -0.4 is 4.74 Å². The summed E-state index contributed by atoms with van der Waals surface area (Å²) in [5.41, 5.74) is 3.50. The van der Waals surface area contributed by atoms with E-state index in [9.17, 15) is 0 Å². The van der Waals surface area contributed by atoms with E-state index < -0.39 is 0 Å². The van der Waals surface area contributed by atoms with Gasteiger partial charge < -0.3 is 4.74 Å². The molecule has 23 heavy (non-hydrogen) atoms. The number of hydrogen-bond acceptors (Lipinski definition) is 2. The molecule has 3 fully saturated rings. The van der Waals surface area contributed by atoms with E-state index in [-0.39, 0.29) is 0 Å². The van der Waals surface area contributed by atoms with Crippen LogP contribution in [0.5, 0.6) is 5.75 Å². The highest BCUT2D eigenvalue weighted by atomic mass is 16.5. The van der Waals surface area contributed by atoms with Crippen LogP contribution in [0.3, 0.4) is 0 Å². The first-order chi connectivity index (χ1) is 10.9. The molecule has 3 bridgehead atoms. The van der Waals surface area contributed by atoms with Crippen molar-refractivity contribution >= 4 is 0 Å². The Morgan fingerprint density at radius 2 is 2.04 bits per heavy atom. The van der Waals surface area contributed by atoms with Crippen LogP contribution in [0.25, 0.3) is 0 Å². The second kappa shape index (κ2) is 5.00. The van der Waals surface area contributed by atoms with Gasteiger partial charge >= 0.3 is 0 Å². The summed E-state index contributed by atoms with van der Waals surface area (Å²) in [7, 11) is 0. The fourth-order valence-corrected chi connectivity index (χ4v) is 6.69. The van der Waals surface area contributed by atoms with Gasteiger partial charge in [0.2, 0.25) is 0 Å². The van der Waals surface area contributed by atoms with Gasteiger partial charge in [-0.3, -0.25) is 0 Å². The number of nitrogens with zero attached hydrogens (tertiary/aromatic N) is 1. The van der Waals surface area contributed by atoms with E-state index in [4.69, 9.17) is 10.00 Å². The van der Waals surface area contributed by atoms with Crippen LogP contribution >= 0.6 is 0 Å². The highest BCUT2D eigenvalue weighted by Gasteiger charge is 2.58. The Balaban J connectivity index is 1.79. The van der Waals surface area contributed by atoms with Crippen LogP contribution in [0.2, 0.25) is 0 Å². The average Bonchev–Trinajstić information content (AvgIpc) is 2.61. The van der Waals surface area contributed by atoms with Crippen LogP contribution in [0, 0.1) is 41.6 Å². The second-order valence-corrected chi connectivity index (χ2v) is 9.07. The number of hydrogen-bond donors (Lipinski definition) is 0. The topological polar surface area (TPSA) is 33.0 Å². The molecule has 1 aromatic rings. The van der Waals surface area contributed by atoms with Gasteiger partial charge in [-0.25, -0.2) is 0 Å². The van der Waals surface area contributed by atoms with E-state index in [1.807, 2.05) is 6.07 Å². The zero-order valence-corrected chi connectivity index (χ0v) is 14.6. The monoisotopic (exact) mass is 309 g/mol. The Labute approximate surface area is 139 Å². The molecule has 5 unspecified atom stereocenters. The molecule has 5 atom stereocenters. The third-order valence-electron chi connectivity index (χ3n) is 7.02. The maximum atomic E-state index is 8.78. The van der Waals surface area contributed by atoms with Crippen molar-refractivity contribution in [2.75, 3.05) is 0 Å². The van der Waals surface area contributed by atoms with Gasteiger partial charge in [0.05, 0.1) is 0 Å². The molecule has 0 N–H and O–H groups in total. The first-order valence-electron chi connectivity index (χ1n) is 9.11. The molecular formula is C21H27NO. The molecule has 0 spiro atoms. The molecular weight excluding hydrogens is 282 g/mol. The minimum atomic E-state index is 0.356. The molecule has 0 amide bonds.